The van der Waals surface area contributed by atoms with Crippen LogP contribution in [0.5, 0.6) is 23.0 Å². The monoisotopic (exact) mass is 381 g/mol. The number of benzene rings is 2. The summed E-state index contributed by atoms with van der Waals surface area (Å²) < 4.78 is 16.6. The van der Waals surface area contributed by atoms with E-state index < -0.39 is 0 Å². The number of likely N-dealkylation sites (tertiary alicyclic amines) is 1. The number of nitrogens with zero attached hydrogens (tertiary/aromatic N) is 1. The van der Waals surface area contributed by atoms with Crippen molar-refractivity contribution in [1.82, 2.24) is 4.90 Å². The van der Waals surface area contributed by atoms with Crippen molar-refractivity contribution >= 4 is 11.0 Å². The summed E-state index contributed by atoms with van der Waals surface area (Å²) in [6.07, 6.45) is 4.85. The van der Waals surface area contributed by atoms with Crippen LogP contribution in [0.3, 0.4) is 0 Å². The largest absolute Gasteiger partial charge is 0.507 e. The summed E-state index contributed by atoms with van der Waals surface area (Å²) in [6, 6.07) is 10.1. The summed E-state index contributed by atoms with van der Waals surface area (Å²) in [5.74, 6) is 1.47. The second-order valence-electron chi connectivity index (χ2n) is 6.98. The lowest BCUT2D eigenvalue weighted by atomic mass is 10.1. The predicted molar refractivity (Wildman–Crippen MR) is 106 cm³/mol. The van der Waals surface area contributed by atoms with Crippen LogP contribution in [0.1, 0.15) is 24.8 Å². The number of fused-ring (bicyclic) bond motifs is 1. The van der Waals surface area contributed by atoms with Gasteiger partial charge in [-0.05, 0) is 62.3 Å². The van der Waals surface area contributed by atoms with Crippen molar-refractivity contribution in [3.05, 3.63) is 58.4 Å². The topological polar surface area (TPSA) is 72.1 Å². The van der Waals surface area contributed by atoms with E-state index in [1.54, 1.807) is 43.5 Å². The van der Waals surface area contributed by atoms with Gasteiger partial charge in [0.05, 0.1) is 18.1 Å². The summed E-state index contributed by atoms with van der Waals surface area (Å²) in [4.78, 5) is 15.2. The van der Waals surface area contributed by atoms with Crippen LogP contribution < -0.4 is 14.9 Å². The Morgan fingerprint density at radius 2 is 1.75 bits per heavy atom. The number of hydrogen-bond donors (Lipinski definition) is 1. The average molecular weight is 381 g/mol. The molecule has 28 heavy (non-hydrogen) atoms. The van der Waals surface area contributed by atoms with E-state index in [1.165, 1.54) is 12.7 Å². The molecular weight excluding hydrogens is 358 g/mol. The van der Waals surface area contributed by atoms with Crippen molar-refractivity contribution in [1.29, 1.82) is 0 Å². The van der Waals surface area contributed by atoms with Gasteiger partial charge in [0.2, 0.25) is 11.2 Å². The maximum atomic E-state index is 12.9. The highest BCUT2D eigenvalue weighted by atomic mass is 16.5. The standard InChI is InChI=1S/C22H23NO5/c1-26-15-5-7-16(8-6-15)28-20-14-27-22-17(21(20)25)9-10-19(24)18(22)13-23-11-3-2-4-12-23/h5-10,14,24H,2-4,11-13H2,1H3. The van der Waals surface area contributed by atoms with Crippen LogP contribution in [0, 0.1) is 0 Å². The molecule has 1 saturated heterocycles. The van der Waals surface area contributed by atoms with Gasteiger partial charge in [0.25, 0.3) is 0 Å². The maximum Gasteiger partial charge on any atom is 0.235 e. The highest BCUT2D eigenvalue weighted by Crippen LogP contribution is 2.30. The first-order valence-electron chi connectivity index (χ1n) is 9.46. The maximum absolute atomic E-state index is 12.9. The average Bonchev–Trinajstić information content (AvgIpc) is 2.73. The Kier molecular flexibility index (Phi) is 5.21. The van der Waals surface area contributed by atoms with E-state index in [1.807, 2.05) is 0 Å². The molecule has 0 amide bonds. The number of ether oxygens (including phenoxy) is 2. The van der Waals surface area contributed by atoms with Crippen LogP contribution in [-0.2, 0) is 6.54 Å². The summed E-state index contributed by atoms with van der Waals surface area (Å²) in [5, 5.41) is 10.8. The van der Waals surface area contributed by atoms with Gasteiger partial charge < -0.3 is 19.0 Å². The molecule has 2 aromatic carbocycles. The fraction of sp³-hybridized carbons (Fsp3) is 0.318. The second kappa shape index (κ2) is 7.94. The molecule has 0 bridgehead atoms. The van der Waals surface area contributed by atoms with Crippen molar-refractivity contribution < 1.29 is 19.0 Å². The summed E-state index contributed by atoms with van der Waals surface area (Å²) in [6.45, 7) is 2.53. The first-order valence-corrected chi connectivity index (χ1v) is 9.46. The van der Waals surface area contributed by atoms with Gasteiger partial charge >= 0.3 is 0 Å². The number of rotatable bonds is 5. The van der Waals surface area contributed by atoms with E-state index in [-0.39, 0.29) is 16.9 Å². The summed E-state index contributed by atoms with van der Waals surface area (Å²) in [7, 11) is 1.59. The molecule has 4 rings (SSSR count). The highest BCUT2D eigenvalue weighted by molar-refractivity contribution is 5.83. The second-order valence-corrected chi connectivity index (χ2v) is 6.98. The minimum Gasteiger partial charge on any atom is -0.507 e. The molecule has 3 aromatic rings. The number of phenols is 1. The van der Waals surface area contributed by atoms with Crippen LogP contribution in [0.15, 0.2) is 51.9 Å². The first kappa shape index (κ1) is 18.4. The summed E-state index contributed by atoms with van der Waals surface area (Å²) in [5.41, 5.74) is 0.794. The number of phenolic OH excluding ortho intramolecular Hbond substituents is 1. The molecule has 0 spiro atoms. The van der Waals surface area contributed by atoms with Crippen LogP contribution in [-0.4, -0.2) is 30.2 Å². The quantitative estimate of drug-likeness (QED) is 0.711. The SMILES string of the molecule is COc1ccc(Oc2coc3c(CN4CCCCC4)c(O)ccc3c2=O)cc1. The minimum atomic E-state index is -0.267. The Morgan fingerprint density at radius 1 is 1.04 bits per heavy atom. The van der Waals surface area contributed by atoms with Crippen LogP contribution in [0.4, 0.5) is 0 Å². The number of piperidine rings is 1. The van der Waals surface area contributed by atoms with E-state index in [4.69, 9.17) is 13.9 Å². The molecule has 1 aliphatic heterocycles. The molecule has 0 atom stereocenters. The highest BCUT2D eigenvalue weighted by Gasteiger charge is 2.19. The lowest BCUT2D eigenvalue weighted by Gasteiger charge is -2.26. The smallest absolute Gasteiger partial charge is 0.235 e. The molecule has 1 N–H and O–H groups in total. The molecule has 6 heteroatoms. The Labute approximate surface area is 162 Å². The van der Waals surface area contributed by atoms with E-state index in [0.29, 0.717) is 34.6 Å². The van der Waals surface area contributed by atoms with Crippen LogP contribution in [0.25, 0.3) is 11.0 Å². The van der Waals surface area contributed by atoms with E-state index in [2.05, 4.69) is 4.90 Å². The van der Waals surface area contributed by atoms with Gasteiger partial charge in [-0.25, -0.2) is 0 Å². The molecule has 6 nitrogen and oxygen atoms in total. The molecular formula is C22H23NO5. The lowest BCUT2D eigenvalue weighted by Crippen LogP contribution is -2.29. The van der Waals surface area contributed by atoms with Crippen molar-refractivity contribution in [3.63, 3.8) is 0 Å². The Morgan fingerprint density at radius 3 is 2.46 bits per heavy atom. The third-order valence-electron chi connectivity index (χ3n) is 5.11. The Balaban J connectivity index is 1.66. The van der Waals surface area contributed by atoms with Gasteiger partial charge in [0.1, 0.15) is 29.1 Å². The zero-order valence-corrected chi connectivity index (χ0v) is 15.8. The summed E-state index contributed by atoms with van der Waals surface area (Å²) >= 11 is 0. The zero-order valence-electron chi connectivity index (χ0n) is 15.8. The molecule has 1 aliphatic rings. The lowest BCUT2D eigenvalue weighted by molar-refractivity contribution is 0.218. The third kappa shape index (κ3) is 3.68. The zero-order chi connectivity index (χ0) is 19.5. The molecule has 1 fully saturated rings. The van der Waals surface area contributed by atoms with Crippen molar-refractivity contribution in [2.24, 2.45) is 0 Å². The van der Waals surface area contributed by atoms with Crippen molar-refractivity contribution in [2.75, 3.05) is 20.2 Å². The molecule has 0 radical (unpaired) electrons. The van der Waals surface area contributed by atoms with Crippen molar-refractivity contribution in [2.45, 2.75) is 25.8 Å². The molecule has 0 saturated carbocycles. The van der Waals surface area contributed by atoms with Gasteiger partial charge in [0, 0.05) is 6.54 Å². The minimum absolute atomic E-state index is 0.104. The number of hydrogen-bond acceptors (Lipinski definition) is 6. The number of aromatic hydroxyl groups is 1. The molecule has 0 aliphatic carbocycles. The van der Waals surface area contributed by atoms with Gasteiger partial charge in [0.15, 0.2) is 0 Å². The van der Waals surface area contributed by atoms with Gasteiger partial charge in [-0.1, -0.05) is 6.42 Å². The van der Waals surface area contributed by atoms with E-state index in [9.17, 15) is 9.90 Å². The van der Waals surface area contributed by atoms with Gasteiger partial charge in [-0.2, -0.15) is 0 Å². The fourth-order valence-corrected chi connectivity index (χ4v) is 3.56. The molecule has 2 heterocycles. The van der Waals surface area contributed by atoms with Gasteiger partial charge in [-0.3, -0.25) is 9.69 Å². The van der Waals surface area contributed by atoms with Gasteiger partial charge in [-0.15, -0.1) is 0 Å². The fourth-order valence-electron chi connectivity index (χ4n) is 3.56. The molecule has 1 aromatic heterocycles. The van der Waals surface area contributed by atoms with Crippen LogP contribution >= 0.6 is 0 Å². The predicted octanol–water partition coefficient (Wildman–Crippen LogP) is 4.29. The normalized spacial score (nSPS) is 14.9. The van der Waals surface area contributed by atoms with E-state index in [0.717, 1.165) is 25.9 Å². The Bertz CT molecular complexity index is 1020. The van der Waals surface area contributed by atoms with E-state index >= 15 is 0 Å². The third-order valence-corrected chi connectivity index (χ3v) is 5.11. The first-order chi connectivity index (χ1) is 13.7. The Hall–Kier alpha value is -2.99. The molecule has 0 unspecified atom stereocenters. The molecule has 146 valence electrons. The number of methoxy groups -OCH3 is 1. The van der Waals surface area contributed by atoms with Crippen molar-refractivity contribution in [3.8, 4) is 23.0 Å². The van der Waals surface area contributed by atoms with Crippen LogP contribution in [0.2, 0.25) is 0 Å².